The molecule has 1 aromatic carbocycles. The summed E-state index contributed by atoms with van der Waals surface area (Å²) in [5, 5.41) is 5.14. The topological polar surface area (TPSA) is 50.6 Å². The number of carbonyl (C=O) groups is 1. The van der Waals surface area contributed by atoms with Gasteiger partial charge in [0.15, 0.2) is 5.82 Å². The quantitative estimate of drug-likeness (QED) is 0.702. The van der Waals surface area contributed by atoms with E-state index >= 15 is 0 Å². The molecule has 1 fully saturated rings. The predicted molar refractivity (Wildman–Crippen MR) is 127 cm³/mol. The first-order chi connectivity index (χ1) is 15.4. The van der Waals surface area contributed by atoms with E-state index in [1.807, 2.05) is 4.90 Å². The Morgan fingerprint density at radius 2 is 1.94 bits per heavy atom. The first kappa shape index (κ1) is 21.5. The van der Waals surface area contributed by atoms with Crippen LogP contribution in [0.25, 0.3) is 0 Å². The van der Waals surface area contributed by atoms with Crippen molar-refractivity contribution in [3.05, 3.63) is 40.1 Å². The van der Waals surface area contributed by atoms with Gasteiger partial charge in [0.1, 0.15) is 0 Å². The van der Waals surface area contributed by atoms with Crippen LogP contribution in [0.4, 0.5) is 11.5 Å². The van der Waals surface area contributed by atoms with Crippen molar-refractivity contribution in [2.45, 2.75) is 78.3 Å². The number of rotatable bonds is 3. The summed E-state index contributed by atoms with van der Waals surface area (Å²) in [6.07, 6.45) is 5.37. The molecule has 0 spiro atoms. The van der Waals surface area contributed by atoms with Crippen molar-refractivity contribution >= 4 is 17.4 Å². The zero-order valence-electron chi connectivity index (χ0n) is 20.0. The lowest BCUT2D eigenvalue weighted by molar-refractivity contribution is -0.129. The molecule has 0 radical (unpaired) electrons. The van der Waals surface area contributed by atoms with Gasteiger partial charge in [-0.3, -0.25) is 9.48 Å². The van der Waals surface area contributed by atoms with E-state index in [4.69, 9.17) is 9.84 Å². The van der Waals surface area contributed by atoms with Gasteiger partial charge in [-0.05, 0) is 75.1 Å². The standard InChI is InChI=1S/C26H36N4O2/c1-17(2)30-24-7-11-28(19(4)31)16-23(24)26(27-30)29-10-5-6-21-15-22(18(3)14-25(21)29)20-8-12-32-13-9-20/h14-15,17,20H,5-13,16H2,1-4H3. The van der Waals surface area contributed by atoms with Crippen molar-refractivity contribution in [3.8, 4) is 0 Å². The smallest absolute Gasteiger partial charge is 0.219 e. The number of benzene rings is 1. The lowest BCUT2D eigenvalue weighted by atomic mass is 9.85. The van der Waals surface area contributed by atoms with Crippen LogP contribution in [0.3, 0.4) is 0 Å². The maximum absolute atomic E-state index is 12.1. The van der Waals surface area contributed by atoms with Gasteiger partial charge < -0.3 is 14.5 Å². The van der Waals surface area contributed by atoms with Gasteiger partial charge in [0.2, 0.25) is 5.91 Å². The van der Waals surface area contributed by atoms with E-state index in [1.54, 1.807) is 6.92 Å². The molecule has 6 heteroatoms. The summed E-state index contributed by atoms with van der Waals surface area (Å²) in [4.78, 5) is 16.5. The molecule has 4 heterocycles. The van der Waals surface area contributed by atoms with Crippen molar-refractivity contribution < 1.29 is 9.53 Å². The van der Waals surface area contributed by atoms with E-state index in [-0.39, 0.29) is 5.91 Å². The normalized spacial score (nSPS) is 19.3. The van der Waals surface area contributed by atoms with Crippen LogP contribution in [0.5, 0.6) is 0 Å². The second kappa shape index (κ2) is 8.54. The molecule has 3 aliphatic heterocycles. The van der Waals surface area contributed by atoms with E-state index in [9.17, 15) is 4.79 Å². The van der Waals surface area contributed by atoms with Gasteiger partial charge in [0.05, 0.1) is 6.54 Å². The number of nitrogens with zero attached hydrogens (tertiary/aromatic N) is 4. The number of aromatic nitrogens is 2. The van der Waals surface area contributed by atoms with Crippen molar-refractivity contribution in [3.63, 3.8) is 0 Å². The minimum atomic E-state index is 0.148. The summed E-state index contributed by atoms with van der Waals surface area (Å²) in [5.74, 6) is 1.81. The third-order valence-corrected chi connectivity index (χ3v) is 7.50. The summed E-state index contributed by atoms with van der Waals surface area (Å²) in [6, 6.07) is 5.18. The lowest BCUT2D eigenvalue weighted by Crippen LogP contribution is -2.35. The number of ether oxygens (including phenoxy) is 1. The molecule has 0 atom stereocenters. The number of amides is 1. The van der Waals surface area contributed by atoms with Crippen LogP contribution in [0, 0.1) is 6.92 Å². The first-order valence-corrected chi connectivity index (χ1v) is 12.3. The summed E-state index contributed by atoms with van der Waals surface area (Å²) < 4.78 is 7.80. The van der Waals surface area contributed by atoms with Gasteiger partial charge in [-0.1, -0.05) is 6.07 Å². The fraction of sp³-hybridized carbons (Fsp3) is 0.615. The minimum absolute atomic E-state index is 0.148. The number of aryl methyl sites for hydroxylation is 2. The average Bonchev–Trinajstić information content (AvgIpc) is 3.18. The molecule has 0 saturated carbocycles. The first-order valence-electron chi connectivity index (χ1n) is 12.3. The highest BCUT2D eigenvalue weighted by molar-refractivity contribution is 5.75. The van der Waals surface area contributed by atoms with Crippen LogP contribution in [0.1, 0.15) is 79.9 Å². The van der Waals surface area contributed by atoms with Gasteiger partial charge in [-0.2, -0.15) is 5.10 Å². The van der Waals surface area contributed by atoms with Gasteiger partial charge in [-0.25, -0.2) is 0 Å². The molecule has 1 aromatic heterocycles. The van der Waals surface area contributed by atoms with E-state index < -0.39 is 0 Å². The Hall–Kier alpha value is -2.34. The molecule has 0 aliphatic carbocycles. The molecule has 5 rings (SSSR count). The van der Waals surface area contributed by atoms with Crippen LogP contribution in [-0.2, 0) is 28.9 Å². The number of carbonyl (C=O) groups excluding carboxylic acids is 1. The lowest BCUT2D eigenvalue weighted by Gasteiger charge is -2.34. The summed E-state index contributed by atoms with van der Waals surface area (Å²) in [6.45, 7) is 12.5. The molecule has 0 bridgehead atoms. The average molecular weight is 437 g/mol. The van der Waals surface area contributed by atoms with Crippen LogP contribution < -0.4 is 4.90 Å². The molecule has 172 valence electrons. The van der Waals surface area contributed by atoms with Crippen molar-refractivity contribution in [2.75, 3.05) is 31.2 Å². The molecular formula is C26H36N4O2. The fourth-order valence-electron chi connectivity index (χ4n) is 5.77. The number of hydrogen-bond donors (Lipinski definition) is 0. The molecule has 3 aliphatic rings. The Labute approximate surface area is 191 Å². The van der Waals surface area contributed by atoms with E-state index in [0.29, 0.717) is 18.5 Å². The van der Waals surface area contributed by atoms with Crippen LogP contribution in [-0.4, -0.2) is 46.9 Å². The van der Waals surface area contributed by atoms with Crippen LogP contribution in [0.2, 0.25) is 0 Å². The largest absolute Gasteiger partial charge is 0.381 e. The highest BCUT2D eigenvalue weighted by Crippen LogP contribution is 2.41. The molecule has 32 heavy (non-hydrogen) atoms. The zero-order chi connectivity index (χ0) is 22.4. The SMILES string of the molecule is CC(=O)N1CCc2c(c(N3CCCc4cc(C5CCOCC5)c(C)cc43)nn2C(C)C)C1. The van der Waals surface area contributed by atoms with Crippen LogP contribution in [0.15, 0.2) is 12.1 Å². The Kier molecular flexibility index (Phi) is 5.74. The molecule has 6 nitrogen and oxygen atoms in total. The molecule has 2 aromatic rings. The van der Waals surface area contributed by atoms with Gasteiger partial charge in [-0.15, -0.1) is 0 Å². The highest BCUT2D eigenvalue weighted by Gasteiger charge is 2.32. The van der Waals surface area contributed by atoms with Crippen LogP contribution >= 0.6 is 0 Å². The Morgan fingerprint density at radius 3 is 2.66 bits per heavy atom. The van der Waals surface area contributed by atoms with Crippen molar-refractivity contribution in [2.24, 2.45) is 0 Å². The third kappa shape index (κ3) is 3.72. The molecule has 1 amide bonds. The predicted octanol–water partition coefficient (Wildman–Crippen LogP) is 4.66. The highest BCUT2D eigenvalue weighted by atomic mass is 16.5. The fourth-order valence-corrected chi connectivity index (χ4v) is 5.77. The summed E-state index contributed by atoms with van der Waals surface area (Å²) >= 11 is 0. The van der Waals surface area contributed by atoms with Gasteiger partial charge in [0.25, 0.3) is 0 Å². The Morgan fingerprint density at radius 1 is 1.16 bits per heavy atom. The Balaban J connectivity index is 1.56. The number of anilines is 2. The Bertz CT molecular complexity index is 1020. The van der Waals surface area contributed by atoms with Crippen molar-refractivity contribution in [1.82, 2.24) is 14.7 Å². The zero-order valence-corrected chi connectivity index (χ0v) is 20.0. The molecule has 1 saturated heterocycles. The second-order valence-electron chi connectivity index (χ2n) is 9.96. The number of fused-ring (bicyclic) bond motifs is 2. The molecule has 0 N–H and O–H groups in total. The monoisotopic (exact) mass is 436 g/mol. The minimum Gasteiger partial charge on any atom is -0.381 e. The maximum Gasteiger partial charge on any atom is 0.219 e. The van der Waals surface area contributed by atoms with Gasteiger partial charge >= 0.3 is 0 Å². The van der Waals surface area contributed by atoms with Gasteiger partial charge in [0, 0.05) is 62.6 Å². The van der Waals surface area contributed by atoms with E-state index in [1.165, 1.54) is 33.6 Å². The van der Waals surface area contributed by atoms with Crippen molar-refractivity contribution in [1.29, 1.82) is 0 Å². The number of hydrogen-bond acceptors (Lipinski definition) is 4. The molecule has 0 unspecified atom stereocenters. The molecular weight excluding hydrogens is 400 g/mol. The van der Waals surface area contributed by atoms with E-state index in [0.717, 1.165) is 64.2 Å². The third-order valence-electron chi connectivity index (χ3n) is 7.50. The second-order valence-corrected chi connectivity index (χ2v) is 9.96. The summed E-state index contributed by atoms with van der Waals surface area (Å²) in [7, 11) is 0. The maximum atomic E-state index is 12.1. The summed E-state index contributed by atoms with van der Waals surface area (Å²) in [5.41, 5.74) is 8.17. The van der Waals surface area contributed by atoms with E-state index in [2.05, 4.69) is 42.5 Å².